The largest absolute Gasteiger partial charge is 0.348 e. The quantitative estimate of drug-likeness (QED) is 0.602. The number of anilines is 1. The fraction of sp³-hybridized carbons (Fsp3) is 0.556. The van der Waals surface area contributed by atoms with Gasteiger partial charge in [-0.3, -0.25) is 9.88 Å². The Kier molecular flexibility index (Phi) is 1.49. The summed E-state index contributed by atoms with van der Waals surface area (Å²) in [6.07, 6.45) is 5.34. The van der Waals surface area contributed by atoms with E-state index in [0.717, 1.165) is 12.4 Å². The van der Waals surface area contributed by atoms with E-state index in [1.807, 2.05) is 6.20 Å². The number of fused-ring (bicyclic) bond motifs is 2. The van der Waals surface area contributed by atoms with Gasteiger partial charge in [0.2, 0.25) is 0 Å². The number of aromatic nitrogens is 2. The van der Waals surface area contributed by atoms with Gasteiger partial charge >= 0.3 is 0 Å². The highest BCUT2D eigenvalue weighted by Crippen LogP contribution is 2.24. The Balaban J connectivity index is 1.85. The second-order valence-electron chi connectivity index (χ2n) is 3.67. The van der Waals surface area contributed by atoms with Crippen molar-refractivity contribution in [2.24, 2.45) is 0 Å². The summed E-state index contributed by atoms with van der Waals surface area (Å²) in [6.45, 7) is 4.68. The van der Waals surface area contributed by atoms with E-state index in [1.165, 1.54) is 19.6 Å². The summed E-state index contributed by atoms with van der Waals surface area (Å²) < 4.78 is 0. The fourth-order valence-electron chi connectivity index (χ4n) is 2.10. The van der Waals surface area contributed by atoms with Gasteiger partial charge in [-0.2, -0.15) is 0 Å². The lowest BCUT2D eigenvalue weighted by Crippen LogP contribution is -2.66. The van der Waals surface area contributed by atoms with Gasteiger partial charge in [0.1, 0.15) is 5.82 Å². The molecule has 0 unspecified atom stereocenters. The van der Waals surface area contributed by atoms with Crippen molar-refractivity contribution < 1.29 is 0 Å². The van der Waals surface area contributed by atoms with Crippen molar-refractivity contribution in [3.05, 3.63) is 18.6 Å². The van der Waals surface area contributed by atoms with Crippen LogP contribution < -0.4 is 4.90 Å². The van der Waals surface area contributed by atoms with Crippen molar-refractivity contribution in [2.75, 3.05) is 31.1 Å². The first-order valence-electron chi connectivity index (χ1n) is 4.68. The lowest BCUT2D eigenvalue weighted by Gasteiger charge is -2.51. The predicted molar refractivity (Wildman–Crippen MR) is 49.6 cm³/mol. The summed E-state index contributed by atoms with van der Waals surface area (Å²) in [5.41, 5.74) is 0. The second-order valence-corrected chi connectivity index (χ2v) is 3.67. The van der Waals surface area contributed by atoms with Gasteiger partial charge in [-0.15, -0.1) is 0 Å². The SMILES string of the molecule is c1cnc(N2CCN3CC2C3)cn1. The third-order valence-corrected chi connectivity index (χ3v) is 2.88. The number of hydrogen-bond donors (Lipinski definition) is 0. The Labute approximate surface area is 77.2 Å². The van der Waals surface area contributed by atoms with E-state index in [1.54, 1.807) is 12.4 Å². The molecule has 0 N–H and O–H groups in total. The van der Waals surface area contributed by atoms with Crippen LogP contribution in [0.1, 0.15) is 0 Å². The Hall–Kier alpha value is -1.16. The van der Waals surface area contributed by atoms with Gasteiger partial charge in [0.15, 0.2) is 0 Å². The first kappa shape index (κ1) is 7.26. The molecule has 3 saturated heterocycles. The van der Waals surface area contributed by atoms with Gasteiger partial charge in [-0.05, 0) is 0 Å². The minimum absolute atomic E-state index is 0.686. The maximum Gasteiger partial charge on any atom is 0.147 e. The number of hydrogen-bond acceptors (Lipinski definition) is 4. The Morgan fingerprint density at radius 2 is 2.15 bits per heavy atom. The Morgan fingerprint density at radius 3 is 2.77 bits per heavy atom. The van der Waals surface area contributed by atoms with Crippen LogP contribution in [0.5, 0.6) is 0 Å². The van der Waals surface area contributed by atoms with Gasteiger partial charge in [0.05, 0.1) is 12.2 Å². The molecule has 3 aliphatic heterocycles. The molecule has 1 aromatic heterocycles. The van der Waals surface area contributed by atoms with E-state index < -0.39 is 0 Å². The lowest BCUT2D eigenvalue weighted by molar-refractivity contribution is 0.109. The molecular weight excluding hydrogens is 164 g/mol. The van der Waals surface area contributed by atoms with Crippen LogP contribution >= 0.6 is 0 Å². The topological polar surface area (TPSA) is 32.3 Å². The van der Waals surface area contributed by atoms with Crippen LogP contribution in [0.4, 0.5) is 5.82 Å². The van der Waals surface area contributed by atoms with E-state index in [4.69, 9.17) is 0 Å². The molecule has 13 heavy (non-hydrogen) atoms. The third-order valence-electron chi connectivity index (χ3n) is 2.88. The summed E-state index contributed by atoms with van der Waals surface area (Å²) in [5, 5.41) is 0. The maximum absolute atomic E-state index is 4.32. The number of rotatable bonds is 1. The highest BCUT2D eigenvalue weighted by atomic mass is 15.4. The molecule has 68 valence electrons. The highest BCUT2D eigenvalue weighted by Gasteiger charge is 2.37. The molecule has 0 aromatic carbocycles. The molecule has 4 nitrogen and oxygen atoms in total. The predicted octanol–water partition coefficient (Wildman–Crippen LogP) is -0.0192. The summed E-state index contributed by atoms with van der Waals surface area (Å²) in [5.74, 6) is 1.03. The van der Waals surface area contributed by atoms with Crippen molar-refractivity contribution in [1.82, 2.24) is 14.9 Å². The minimum atomic E-state index is 0.686. The van der Waals surface area contributed by atoms with Crippen LogP contribution in [0, 0.1) is 0 Å². The molecular formula is C9H12N4. The zero-order chi connectivity index (χ0) is 8.67. The summed E-state index contributed by atoms with van der Waals surface area (Å²) >= 11 is 0. The van der Waals surface area contributed by atoms with Gasteiger partial charge in [-0.1, -0.05) is 0 Å². The zero-order valence-corrected chi connectivity index (χ0v) is 7.43. The summed E-state index contributed by atoms with van der Waals surface area (Å²) in [4.78, 5) is 13.3. The first-order chi connectivity index (χ1) is 6.43. The van der Waals surface area contributed by atoms with Gasteiger partial charge in [-0.25, -0.2) is 4.98 Å². The smallest absolute Gasteiger partial charge is 0.147 e. The van der Waals surface area contributed by atoms with E-state index in [9.17, 15) is 0 Å². The Morgan fingerprint density at radius 1 is 1.23 bits per heavy atom. The molecule has 4 heterocycles. The second kappa shape index (κ2) is 2.67. The van der Waals surface area contributed by atoms with Crippen LogP contribution in [0.25, 0.3) is 0 Å². The van der Waals surface area contributed by atoms with Crippen LogP contribution in [0.3, 0.4) is 0 Å². The van der Waals surface area contributed by atoms with Crippen LogP contribution in [-0.2, 0) is 0 Å². The summed E-state index contributed by atoms with van der Waals surface area (Å²) in [7, 11) is 0. The van der Waals surface area contributed by atoms with Crippen molar-refractivity contribution in [2.45, 2.75) is 6.04 Å². The molecule has 0 saturated carbocycles. The first-order valence-corrected chi connectivity index (χ1v) is 4.68. The van der Waals surface area contributed by atoms with Gasteiger partial charge in [0, 0.05) is 38.6 Å². The number of nitrogens with zero attached hydrogens (tertiary/aromatic N) is 4. The minimum Gasteiger partial charge on any atom is -0.348 e. The van der Waals surface area contributed by atoms with Gasteiger partial charge < -0.3 is 4.90 Å². The van der Waals surface area contributed by atoms with E-state index in [0.29, 0.717) is 6.04 Å². The van der Waals surface area contributed by atoms with Crippen molar-refractivity contribution in [3.8, 4) is 0 Å². The van der Waals surface area contributed by atoms with Crippen LogP contribution in [0.15, 0.2) is 18.6 Å². The molecule has 0 spiro atoms. The van der Waals surface area contributed by atoms with Gasteiger partial charge in [0.25, 0.3) is 0 Å². The van der Waals surface area contributed by atoms with Crippen molar-refractivity contribution >= 4 is 5.82 Å². The lowest BCUT2D eigenvalue weighted by atomic mass is 10.0. The van der Waals surface area contributed by atoms with E-state index in [2.05, 4.69) is 19.8 Å². The molecule has 2 bridgehead atoms. The van der Waals surface area contributed by atoms with E-state index in [-0.39, 0.29) is 0 Å². The molecule has 1 aromatic rings. The molecule has 0 atom stereocenters. The van der Waals surface area contributed by atoms with Crippen molar-refractivity contribution in [1.29, 1.82) is 0 Å². The molecule has 3 aliphatic rings. The molecule has 0 radical (unpaired) electrons. The zero-order valence-electron chi connectivity index (χ0n) is 7.43. The van der Waals surface area contributed by atoms with Crippen LogP contribution in [0.2, 0.25) is 0 Å². The normalized spacial score (nSPS) is 31.2. The fourth-order valence-corrected chi connectivity index (χ4v) is 2.10. The molecule has 4 heteroatoms. The molecule has 4 rings (SSSR count). The van der Waals surface area contributed by atoms with Crippen LogP contribution in [-0.4, -0.2) is 47.1 Å². The average Bonchev–Trinajstić information content (AvgIpc) is 2.18. The molecule has 3 fully saturated rings. The monoisotopic (exact) mass is 176 g/mol. The van der Waals surface area contributed by atoms with Crippen molar-refractivity contribution in [3.63, 3.8) is 0 Å². The average molecular weight is 176 g/mol. The number of piperazine rings is 2. The molecule has 0 aliphatic carbocycles. The highest BCUT2D eigenvalue weighted by molar-refractivity contribution is 5.39. The maximum atomic E-state index is 4.32. The molecule has 0 amide bonds. The third kappa shape index (κ3) is 1.09. The summed E-state index contributed by atoms with van der Waals surface area (Å²) in [6, 6.07) is 0.686. The van der Waals surface area contributed by atoms with E-state index >= 15 is 0 Å². The standard InChI is InChI=1S/C9H12N4/c1-2-11-9(5-10-1)13-4-3-12-6-8(13)7-12/h1-2,5,8H,3-4,6-7H2. The Bertz CT molecular complexity index is 291.